The van der Waals surface area contributed by atoms with Gasteiger partial charge in [-0.2, -0.15) is 0 Å². The van der Waals surface area contributed by atoms with E-state index in [9.17, 15) is 0 Å². The molecular formula is C14H23N3O. The number of nitrogens with zero attached hydrogens (tertiary/aromatic N) is 3. The molecule has 0 saturated carbocycles. The molecule has 0 N–H and O–H groups in total. The SMILES string of the molecule is CCN(C)CCC1(C)OCc2c(C)nc(C)nc21. The molecule has 4 nitrogen and oxygen atoms in total. The maximum Gasteiger partial charge on any atom is 0.125 e. The van der Waals surface area contributed by atoms with E-state index in [4.69, 9.17) is 4.74 Å². The third kappa shape index (κ3) is 2.40. The molecule has 18 heavy (non-hydrogen) atoms. The van der Waals surface area contributed by atoms with E-state index in [1.165, 1.54) is 5.56 Å². The molecule has 2 heterocycles. The van der Waals surface area contributed by atoms with Gasteiger partial charge in [0.25, 0.3) is 0 Å². The van der Waals surface area contributed by atoms with E-state index in [-0.39, 0.29) is 5.60 Å². The Labute approximate surface area is 109 Å². The van der Waals surface area contributed by atoms with Crippen molar-refractivity contribution < 1.29 is 4.74 Å². The number of aromatic nitrogens is 2. The van der Waals surface area contributed by atoms with E-state index in [1.54, 1.807) is 0 Å². The Morgan fingerprint density at radius 3 is 2.72 bits per heavy atom. The zero-order valence-electron chi connectivity index (χ0n) is 12.1. The van der Waals surface area contributed by atoms with Crippen molar-refractivity contribution in [1.82, 2.24) is 14.9 Å². The summed E-state index contributed by atoms with van der Waals surface area (Å²) in [7, 11) is 2.13. The molecule has 0 bridgehead atoms. The van der Waals surface area contributed by atoms with Crippen molar-refractivity contribution in [2.75, 3.05) is 20.1 Å². The predicted octanol–water partition coefficient (Wildman–Crippen LogP) is 2.18. The van der Waals surface area contributed by atoms with Gasteiger partial charge in [-0.15, -0.1) is 0 Å². The standard InChI is InChI=1S/C14H23N3O/c1-6-17(5)8-7-14(4)13-12(9-18-14)10(2)15-11(3)16-13/h6-9H2,1-5H3. The van der Waals surface area contributed by atoms with Crippen LogP contribution in [0.5, 0.6) is 0 Å². The summed E-state index contributed by atoms with van der Waals surface area (Å²) < 4.78 is 6.01. The molecule has 2 rings (SSSR count). The molecule has 0 aliphatic carbocycles. The molecule has 1 aromatic rings. The number of rotatable bonds is 4. The van der Waals surface area contributed by atoms with Gasteiger partial charge in [-0.25, -0.2) is 9.97 Å². The Hall–Kier alpha value is -1.00. The van der Waals surface area contributed by atoms with E-state index < -0.39 is 0 Å². The van der Waals surface area contributed by atoms with Gasteiger partial charge in [0, 0.05) is 17.8 Å². The van der Waals surface area contributed by atoms with Crippen molar-refractivity contribution in [3.8, 4) is 0 Å². The van der Waals surface area contributed by atoms with Gasteiger partial charge in [0.15, 0.2) is 0 Å². The highest BCUT2D eigenvalue weighted by molar-refractivity contribution is 5.32. The fraction of sp³-hybridized carbons (Fsp3) is 0.714. The number of aryl methyl sites for hydroxylation is 2. The van der Waals surface area contributed by atoms with E-state index in [0.717, 1.165) is 36.7 Å². The molecule has 1 unspecified atom stereocenters. The van der Waals surface area contributed by atoms with Crippen molar-refractivity contribution in [3.05, 3.63) is 22.8 Å². The average Bonchev–Trinajstić information content (AvgIpc) is 2.65. The Morgan fingerprint density at radius 2 is 2.06 bits per heavy atom. The summed E-state index contributed by atoms with van der Waals surface area (Å²) >= 11 is 0. The van der Waals surface area contributed by atoms with Gasteiger partial charge >= 0.3 is 0 Å². The van der Waals surface area contributed by atoms with Crippen LogP contribution in [-0.2, 0) is 16.9 Å². The summed E-state index contributed by atoms with van der Waals surface area (Å²) in [5, 5.41) is 0. The first kappa shape index (κ1) is 13.4. The lowest BCUT2D eigenvalue weighted by molar-refractivity contribution is -0.0362. The van der Waals surface area contributed by atoms with E-state index in [2.05, 4.69) is 35.8 Å². The van der Waals surface area contributed by atoms with Gasteiger partial charge in [-0.1, -0.05) is 6.92 Å². The van der Waals surface area contributed by atoms with Gasteiger partial charge in [0.05, 0.1) is 12.3 Å². The van der Waals surface area contributed by atoms with E-state index >= 15 is 0 Å². The molecule has 0 spiro atoms. The lowest BCUT2D eigenvalue weighted by Crippen LogP contribution is -2.29. The quantitative estimate of drug-likeness (QED) is 0.820. The van der Waals surface area contributed by atoms with Crippen LogP contribution >= 0.6 is 0 Å². The van der Waals surface area contributed by atoms with Crippen LogP contribution in [0.25, 0.3) is 0 Å². The fourth-order valence-electron chi connectivity index (χ4n) is 2.40. The van der Waals surface area contributed by atoms with Gasteiger partial charge in [-0.3, -0.25) is 0 Å². The van der Waals surface area contributed by atoms with Crippen LogP contribution in [0.1, 0.15) is 43.0 Å². The van der Waals surface area contributed by atoms with E-state index in [1.807, 2.05) is 13.8 Å². The Balaban J connectivity index is 2.24. The molecular weight excluding hydrogens is 226 g/mol. The fourth-order valence-corrected chi connectivity index (χ4v) is 2.40. The third-order valence-electron chi connectivity index (χ3n) is 3.87. The molecule has 0 aromatic carbocycles. The Morgan fingerprint density at radius 1 is 1.33 bits per heavy atom. The summed E-state index contributed by atoms with van der Waals surface area (Å²) in [6, 6.07) is 0. The largest absolute Gasteiger partial charge is 0.364 e. The number of fused-ring (bicyclic) bond motifs is 1. The van der Waals surface area contributed by atoms with Crippen LogP contribution in [-0.4, -0.2) is 35.0 Å². The maximum atomic E-state index is 6.01. The van der Waals surface area contributed by atoms with Crippen molar-refractivity contribution in [2.24, 2.45) is 0 Å². The van der Waals surface area contributed by atoms with Crippen LogP contribution < -0.4 is 0 Å². The second kappa shape index (κ2) is 4.94. The Bertz CT molecular complexity index is 447. The highest BCUT2D eigenvalue weighted by Crippen LogP contribution is 2.38. The monoisotopic (exact) mass is 249 g/mol. The average molecular weight is 249 g/mol. The van der Waals surface area contributed by atoms with Gasteiger partial charge in [0.2, 0.25) is 0 Å². The topological polar surface area (TPSA) is 38.2 Å². The molecule has 1 atom stereocenters. The number of ether oxygens (including phenoxy) is 1. The summed E-state index contributed by atoms with van der Waals surface area (Å²) in [5.41, 5.74) is 3.08. The normalized spacial score (nSPS) is 22.6. The van der Waals surface area contributed by atoms with Crippen molar-refractivity contribution >= 4 is 0 Å². The molecule has 0 fully saturated rings. The maximum absolute atomic E-state index is 6.01. The lowest BCUT2D eigenvalue weighted by Gasteiger charge is -2.26. The highest BCUT2D eigenvalue weighted by Gasteiger charge is 2.38. The first-order valence-electron chi connectivity index (χ1n) is 6.63. The van der Waals surface area contributed by atoms with Crippen LogP contribution in [0.3, 0.4) is 0 Å². The first-order valence-corrected chi connectivity index (χ1v) is 6.63. The molecule has 100 valence electrons. The van der Waals surface area contributed by atoms with Crippen LogP contribution in [0.2, 0.25) is 0 Å². The molecule has 0 radical (unpaired) electrons. The molecule has 1 aliphatic heterocycles. The molecule has 0 saturated heterocycles. The second-order valence-corrected chi connectivity index (χ2v) is 5.35. The molecule has 4 heteroatoms. The van der Waals surface area contributed by atoms with Crippen molar-refractivity contribution in [2.45, 2.75) is 46.3 Å². The molecule has 1 aliphatic rings. The Kier molecular flexibility index (Phi) is 3.69. The first-order chi connectivity index (χ1) is 8.46. The minimum absolute atomic E-state index is 0.253. The van der Waals surface area contributed by atoms with Crippen molar-refractivity contribution in [3.63, 3.8) is 0 Å². The van der Waals surface area contributed by atoms with Gasteiger partial charge in [-0.05, 0) is 40.8 Å². The molecule has 0 amide bonds. The van der Waals surface area contributed by atoms with Crippen LogP contribution in [0.15, 0.2) is 0 Å². The molecule has 1 aromatic heterocycles. The van der Waals surface area contributed by atoms with E-state index in [0.29, 0.717) is 6.61 Å². The summed E-state index contributed by atoms with van der Waals surface area (Å²) in [6.07, 6.45) is 0.972. The number of hydrogen-bond acceptors (Lipinski definition) is 4. The minimum Gasteiger partial charge on any atom is -0.364 e. The minimum atomic E-state index is -0.253. The summed E-state index contributed by atoms with van der Waals surface area (Å²) in [4.78, 5) is 11.3. The van der Waals surface area contributed by atoms with Crippen molar-refractivity contribution in [1.29, 1.82) is 0 Å². The lowest BCUT2D eigenvalue weighted by atomic mass is 9.95. The second-order valence-electron chi connectivity index (χ2n) is 5.35. The predicted molar refractivity (Wildman–Crippen MR) is 71.4 cm³/mol. The summed E-state index contributed by atoms with van der Waals surface area (Å²) in [6.45, 7) is 11.0. The van der Waals surface area contributed by atoms with Gasteiger partial charge in [0.1, 0.15) is 11.4 Å². The third-order valence-corrected chi connectivity index (χ3v) is 3.87. The zero-order chi connectivity index (χ0) is 13.3. The smallest absolute Gasteiger partial charge is 0.125 e. The van der Waals surface area contributed by atoms with Crippen LogP contribution in [0.4, 0.5) is 0 Å². The summed E-state index contributed by atoms with van der Waals surface area (Å²) in [5.74, 6) is 0.840. The van der Waals surface area contributed by atoms with Crippen LogP contribution in [0, 0.1) is 13.8 Å². The highest BCUT2D eigenvalue weighted by atomic mass is 16.5. The zero-order valence-corrected chi connectivity index (χ0v) is 12.1. The van der Waals surface area contributed by atoms with Gasteiger partial charge < -0.3 is 9.64 Å². The number of hydrogen-bond donors (Lipinski definition) is 0.